The highest BCUT2D eigenvalue weighted by atomic mass is 33.5. The van der Waals surface area contributed by atoms with Crippen molar-refractivity contribution in [2.24, 2.45) is 0 Å². The molecule has 0 N–H and O–H groups in total. The summed E-state index contributed by atoms with van der Waals surface area (Å²) >= 11 is 14.4. The quantitative estimate of drug-likeness (QED) is 0.161. The van der Waals surface area contributed by atoms with Gasteiger partial charge in [0.25, 0.3) is 0 Å². The molecule has 0 spiro atoms. The summed E-state index contributed by atoms with van der Waals surface area (Å²) in [5.41, 5.74) is 0. The van der Waals surface area contributed by atoms with Crippen LogP contribution in [0.5, 0.6) is 0 Å². The number of thiol groups is 1. The lowest BCUT2D eigenvalue weighted by molar-refractivity contribution is 0.627. The second-order valence-electron chi connectivity index (χ2n) is 5.67. The van der Waals surface area contributed by atoms with Crippen molar-refractivity contribution in [1.29, 1.82) is 0 Å². The highest BCUT2D eigenvalue weighted by molar-refractivity contribution is 9.20. The molecule has 5 heteroatoms. The molecule has 128 valence electrons. The van der Waals surface area contributed by atoms with Crippen LogP contribution in [0.1, 0.15) is 90.9 Å². The van der Waals surface area contributed by atoms with E-state index in [9.17, 15) is 0 Å². The van der Waals surface area contributed by atoms with E-state index in [0.717, 1.165) is 0 Å². The standard InChI is InChI=1S/C16H35PS4/c1-3-5-7-9-11-13-15-20-17(18,19)21-16-14-12-10-8-6-4-2/h3-16H2,1-2H3,(H,18,19). The minimum atomic E-state index is -1.45. The van der Waals surface area contributed by atoms with Gasteiger partial charge >= 0.3 is 0 Å². The molecule has 0 aromatic carbocycles. The Bertz CT molecular complexity index is 237. The Hall–Kier alpha value is 1.70. The average Bonchev–Trinajstić information content (AvgIpc) is 2.45. The van der Waals surface area contributed by atoms with Crippen LogP contribution in [0, 0.1) is 0 Å². The van der Waals surface area contributed by atoms with Crippen molar-refractivity contribution in [2.75, 3.05) is 11.5 Å². The monoisotopic (exact) mass is 386 g/mol. The molecule has 0 aliphatic heterocycles. The van der Waals surface area contributed by atoms with E-state index in [4.69, 9.17) is 24.1 Å². The largest absolute Gasteiger partial charge is 0.122 e. The summed E-state index contributed by atoms with van der Waals surface area (Å²) in [7, 11) is 0. The fourth-order valence-electron chi connectivity index (χ4n) is 2.16. The molecule has 0 fully saturated rings. The first-order valence-corrected chi connectivity index (χ1v) is 15.9. The maximum atomic E-state index is 5.68. The number of unbranched alkanes of at least 4 members (excludes halogenated alkanes) is 10. The van der Waals surface area contributed by atoms with Crippen LogP contribution < -0.4 is 0 Å². The van der Waals surface area contributed by atoms with Crippen LogP contribution in [0.2, 0.25) is 0 Å². The topological polar surface area (TPSA) is 0 Å². The predicted octanol–water partition coefficient (Wildman–Crippen LogP) is 8.33. The van der Waals surface area contributed by atoms with Gasteiger partial charge in [-0.25, -0.2) is 0 Å². The Balaban J connectivity index is 3.37. The van der Waals surface area contributed by atoms with Crippen LogP contribution in [0.25, 0.3) is 0 Å². The predicted molar refractivity (Wildman–Crippen MR) is 115 cm³/mol. The summed E-state index contributed by atoms with van der Waals surface area (Å²) in [6, 6.07) is 0. The van der Waals surface area contributed by atoms with Crippen LogP contribution in [0.15, 0.2) is 0 Å². The minimum Gasteiger partial charge on any atom is -0.122 e. The van der Waals surface area contributed by atoms with Crippen molar-refractivity contribution in [2.45, 2.75) is 90.9 Å². The van der Waals surface area contributed by atoms with Gasteiger partial charge < -0.3 is 0 Å². The van der Waals surface area contributed by atoms with E-state index in [1.165, 1.54) is 88.6 Å². The third-order valence-corrected chi connectivity index (χ3v) is 14.0. The Labute approximate surface area is 152 Å². The van der Waals surface area contributed by atoms with Gasteiger partial charge in [-0.1, -0.05) is 89.9 Å². The van der Waals surface area contributed by atoms with Crippen LogP contribution in [-0.4, -0.2) is 11.5 Å². The highest BCUT2D eigenvalue weighted by Crippen LogP contribution is 2.73. The maximum Gasteiger partial charge on any atom is 0.106 e. The summed E-state index contributed by atoms with van der Waals surface area (Å²) in [5, 5.41) is 0. The van der Waals surface area contributed by atoms with E-state index >= 15 is 0 Å². The van der Waals surface area contributed by atoms with Crippen molar-refractivity contribution in [3.63, 3.8) is 0 Å². The highest BCUT2D eigenvalue weighted by Gasteiger charge is 2.12. The van der Waals surface area contributed by atoms with Crippen molar-refractivity contribution >= 4 is 50.5 Å². The molecule has 0 aromatic heterocycles. The van der Waals surface area contributed by atoms with E-state index < -0.39 is 3.64 Å². The van der Waals surface area contributed by atoms with Crippen molar-refractivity contribution in [1.82, 2.24) is 0 Å². The third-order valence-electron chi connectivity index (χ3n) is 3.50. The van der Waals surface area contributed by atoms with Crippen LogP contribution in [0.4, 0.5) is 0 Å². The Kier molecular flexibility index (Phi) is 17.9. The Morgan fingerprint density at radius 3 is 1.38 bits per heavy atom. The molecule has 0 atom stereocenters. The molecule has 0 heterocycles. The first-order valence-electron chi connectivity index (χ1n) is 8.74. The third kappa shape index (κ3) is 17.9. The first-order chi connectivity index (χ1) is 10.1. The fourth-order valence-corrected chi connectivity index (χ4v) is 10.6. The van der Waals surface area contributed by atoms with E-state index in [-0.39, 0.29) is 0 Å². The molecule has 0 unspecified atom stereocenters. The van der Waals surface area contributed by atoms with Gasteiger partial charge in [-0.05, 0) is 24.3 Å². The molecular formula is C16H35PS4. The van der Waals surface area contributed by atoms with Gasteiger partial charge in [0, 0.05) is 0 Å². The minimum absolute atomic E-state index is 1.22. The molecule has 0 amide bonds. The molecule has 0 rings (SSSR count). The van der Waals surface area contributed by atoms with Gasteiger partial charge in [-0.15, -0.1) is 35.0 Å². The van der Waals surface area contributed by atoms with Gasteiger partial charge in [0.15, 0.2) is 0 Å². The molecule has 0 radical (unpaired) electrons. The molecule has 0 aliphatic rings. The lowest BCUT2D eigenvalue weighted by Crippen LogP contribution is -1.83. The smallest absolute Gasteiger partial charge is 0.106 e. The maximum absolute atomic E-state index is 5.68. The van der Waals surface area contributed by atoms with Crippen LogP contribution >= 0.6 is 38.7 Å². The zero-order chi connectivity index (χ0) is 15.8. The number of hydrogen-bond acceptors (Lipinski definition) is 3. The van der Waals surface area contributed by atoms with Crippen molar-refractivity contribution < 1.29 is 0 Å². The first kappa shape index (κ1) is 22.7. The van der Waals surface area contributed by atoms with Crippen molar-refractivity contribution in [3.05, 3.63) is 0 Å². The zero-order valence-electron chi connectivity index (χ0n) is 14.0. The molecule has 0 nitrogen and oxygen atoms in total. The Morgan fingerprint density at radius 1 is 0.667 bits per heavy atom. The summed E-state index contributed by atoms with van der Waals surface area (Å²) in [4.78, 5) is 0. The molecule has 0 aliphatic carbocycles. The van der Waals surface area contributed by atoms with Crippen LogP contribution in [-0.2, 0) is 11.8 Å². The van der Waals surface area contributed by atoms with Gasteiger partial charge in [-0.3, -0.25) is 0 Å². The van der Waals surface area contributed by atoms with Gasteiger partial charge in [-0.2, -0.15) is 0 Å². The molecule has 0 saturated carbocycles. The molecule has 21 heavy (non-hydrogen) atoms. The van der Waals surface area contributed by atoms with E-state index in [0.29, 0.717) is 0 Å². The second-order valence-corrected chi connectivity index (χ2v) is 20.7. The summed E-state index contributed by atoms with van der Waals surface area (Å²) in [6.45, 7) is 4.54. The summed E-state index contributed by atoms with van der Waals surface area (Å²) < 4.78 is -1.45. The lowest BCUT2D eigenvalue weighted by atomic mass is 10.1. The second kappa shape index (κ2) is 16.6. The molecule has 0 bridgehead atoms. The molecule has 0 saturated heterocycles. The van der Waals surface area contributed by atoms with Crippen molar-refractivity contribution in [3.8, 4) is 0 Å². The van der Waals surface area contributed by atoms with Crippen LogP contribution in [0.3, 0.4) is 0 Å². The van der Waals surface area contributed by atoms with Gasteiger partial charge in [0.2, 0.25) is 0 Å². The van der Waals surface area contributed by atoms with Gasteiger partial charge in [0.05, 0.1) is 0 Å². The van der Waals surface area contributed by atoms with E-state index in [1.807, 2.05) is 22.8 Å². The molecular weight excluding hydrogens is 351 g/mol. The Morgan fingerprint density at radius 2 is 1.00 bits per heavy atom. The normalized spacial score (nSPS) is 12.0. The summed E-state index contributed by atoms with van der Waals surface area (Å²) in [5.74, 6) is 2.44. The summed E-state index contributed by atoms with van der Waals surface area (Å²) in [6.07, 6.45) is 16.5. The average molecular weight is 387 g/mol. The van der Waals surface area contributed by atoms with Gasteiger partial charge in [0.1, 0.15) is 3.64 Å². The molecule has 0 aromatic rings. The van der Waals surface area contributed by atoms with E-state index in [1.54, 1.807) is 0 Å². The lowest BCUT2D eigenvalue weighted by Gasteiger charge is -2.14. The fraction of sp³-hybridized carbons (Fsp3) is 1.00. The zero-order valence-corrected chi connectivity index (χ0v) is 18.3. The number of rotatable bonds is 16. The van der Waals surface area contributed by atoms with E-state index in [2.05, 4.69) is 13.8 Å². The number of hydrogen-bond donors (Lipinski definition) is 1. The SMILES string of the molecule is CCCCCCCCSP(=S)(S)SCCCCCCCC.